The Kier molecular flexibility index (Phi) is 7.02. The van der Waals surface area contributed by atoms with Crippen LogP contribution in [0.2, 0.25) is 5.02 Å². The molecule has 0 aromatic heterocycles. The second kappa shape index (κ2) is 8.52. The lowest BCUT2D eigenvalue weighted by molar-refractivity contribution is -0.124. The van der Waals surface area contributed by atoms with Crippen LogP contribution < -0.4 is 10.1 Å². The molecule has 0 unspecified atom stereocenters. The van der Waals surface area contributed by atoms with Crippen LogP contribution in [0.15, 0.2) is 18.2 Å². The van der Waals surface area contributed by atoms with Crippen molar-refractivity contribution in [3.63, 3.8) is 0 Å². The number of rotatable bonds is 7. The van der Waals surface area contributed by atoms with Crippen molar-refractivity contribution in [1.82, 2.24) is 5.32 Å². The summed E-state index contributed by atoms with van der Waals surface area (Å²) in [5.41, 5.74) is 0.194. The molecule has 1 amide bonds. The Morgan fingerprint density at radius 1 is 1.38 bits per heavy atom. The number of esters is 1. The second-order valence-corrected chi connectivity index (χ2v) is 5.11. The van der Waals surface area contributed by atoms with Crippen molar-refractivity contribution in [2.75, 3.05) is 13.7 Å². The summed E-state index contributed by atoms with van der Waals surface area (Å²) in [4.78, 5) is 23.6. The van der Waals surface area contributed by atoms with Gasteiger partial charge in [-0.2, -0.15) is 0 Å². The number of halogens is 1. The van der Waals surface area contributed by atoms with Gasteiger partial charge in [-0.3, -0.25) is 4.79 Å². The Labute approximate surface area is 129 Å². The topological polar surface area (TPSA) is 64.6 Å². The second-order valence-electron chi connectivity index (χ2n) is 4.68. The minimum Gasteiger partial charge on any atom is -0.496 e. The van der Waals surface area contributed by atoms with Gasteiger partial charge in [0.1, 0.15) is 11.3 Å². The van der Waals surface area contributed by atoms with Crippen molar-refractivity contribution >= 4 is 23.5 Å². The monoisotopic (exact) mass is 313 g/mol. The molecular formula is C15H20ClNO4. The molecule has 0 fully saturated rings. The summed E-state index contributed by atoms with van der Waals surface area (Å²) < 4.78 is 10.0. The molecule has 0 spiro atoms. The molecule has 21 heavy (non-hydrogen) atoms. The van der Waals surface area contributed by atoms with Crippen LogP contribution in [0.1, 0.15) is 37.0 Å². The number of carbonyl (C=O) groups excluding carboxylic acids is 2. The number of amides is 1. The summed E-state index contributed by atoms with van der Waals surface area (Å²) >= 11 is 5.84. The lowest BCUT2D eigenvalue weighted by Crippen LogP contribution is -2.35. The number of nitrogens with one attached hydrogen (secondary N) is 1. The van der Waals surface area contributed by atoms with Crippen molar-refractivity contribution in [3.05, 3.63) is 28.8 Å². The fourth-order valence-corrected chi connectivity index (χ4v) is 2.04. The third-order valence-corrected chi connectivity index (χ3v) is 3.08. The summed E-state index contributed by atoms with van der Waals surface area (Å²) in [7, 11) is 1.44. The normalized spacial score (nSPS) is 11.6. The predicted molar refractivity (Wildman–Crippen MR) is 80.8 cm³/mol. The quantitative estimate of drug-likeness (QED) is 0.786. The largest absolute Gasteiger partial charge is 0.496 e. The molecule has 6 heteroatoms. The molecule has 0 aliphatic heterocycles. The van der Waals surface area contributed by atoms with Crippen LogP contribution in [0.25, 0.3) is 0 Å². The molecule has 0 heterocycles. The summed E-state index contributed by atoms with van der Waals surface area (Å²) in [6.45, 7) is 3.61. The first-order valence-corrected chi connectivity index (χ1v) is 7.15. The van der Waals surface area contributed by atoms with Gasteiger partial charge in [-0.05, 0) is 31.5 Å². The zero-order valence-corrected chi connectivity index (χ0v) is 13.2. The minimum atomic E-state index is -0.646. The van der Waals surface area contributed by atoms with Crippen LogP contribution in [-0.4, -0.2) is 31.6 Å². The van der Waals surface area contributed by atoms with Crippen LogP contribution >= 0.6 is 11.6 Å². The Hall–Kier alpha value is -1.75. The van der Waals surface area contributed by atoms with Gasteiger partial charge in [0.05, 0.1) is 7.11 Å². The molecule has 5 nitrogen and oxygen atoms in total. The number of hydrogen-bond acceptors (Lipinski definition) is 4. The van der Waals surface area contributed by atoms with Gasteiger partial charge in [-0.1, -0.05) is 24.9 Å². The molecule has 0 aliphatic carbocycles. The van der Waals surface area contributed by atoms with Gasteiger partial charge in [-0.15, -0.1) is 0 Å². The van der Waals surface area contributed by atoms with Crippen molar-refractivity contribution in [3.8, 4) is 5.75 Å². The van der Waals surface area contributed by atoms with Gasteiger partial charge < -0.3 is 14.8 Å². The maximum Gasteiger partial charge on any atom is 0.342 e. The molecule has 1 rings (SSSR count). The Balaban J connectivity index is 2.58. The van der Waals surface area contributed by atoms with Crippen LogP contribution in [0, 0.1) is 0 Å². The first-order chi connectivity index (χ1) is 9.97. The lowest BCUT2D eigenvalue weighted by atomic mass is 10.2. The van der Waals surface area contributed by atoms with Gasteiger partial charge >= 0.3 is 5.97 Å². The standard InChI is InChI=1S/C15H20ClNO4/c1-4-5-10(2)17-14(18)9-21-15(19)12-8-11(16)6-7-13(12)20-3/h6-8,10H,4-5,9H2,1-3H3,(H,17,18)/t10-/m0/s1. The van der Waals surface area contributed by atoms with Crippen LogP contribution in [0.5, 0.6) is 5.75 Å². The summed E-state index contributed by atoms with van der Waals surface area (Å²) in [6, 6.07) is 4.68. The van der Waals surface area contributed by atoms with Crippen molar-refractivity contribution in [2.24, 2.45) is 0 Å². The van der Waals surface area contributed by atoms with Crippen LogP contribution in [0.4, 0.5) is 0 Å². The first-order valence-electron chi connectivity index (χ1n) is 6.78. The fraction of sp³-hybridized carbons (Fsp3) is 0.467. The Morgan fingerprint density at radius 2 is 2.10 bits per heavy atom. The van der Waals surface area contributed by atoms with E-state index in [4.69, 9.17) is 21.1 Å². The van der Waals surface area contributed by atoms with E-state index in [-0.39, 0.29) is 24.1 Å². The van der Waals surface area contributed by atoms with E-state index in [2.05, 4.69) is 5.32 Å². The van der Waals surface area contributed by atoms with Crippen molar-refractivity contribution in [2.45, 2.75) is 32.7 Å². The van der Waals surface area contributed by atoms with Gasteiger partial charge in [0.2, 0.25) is 0 Å². The maximum atomic E-state index is 12.0. The molecule has 0 saturated carbocycles. The van der Waals surface area contributed by atoms with Crippen molar-refractivity contribution < 1.29 is 19.1 Å². The number of carbonyl (C=O) groups is 2. The lowest BCUT2D eigenvalue weighted by Gasteiger charge is -2.13. The van der Waals surface area contributed by atoms with Gasteiger partial charge in [-0.25, -0.2) is 4.79 Å². The third kappa shape index (κ3) is 5.63. The molecule has 116 valence electrons. The summed E-state index contributed by atoms with van der Waals surface area (Å²) in [6.07, 6.45) is 1.85. The highest BCUT2D eigenvalue weighted by atomic mass is 35.5. The third-order valence-electron chi connectivity index (χ3n) is 2.84. The predicted octanol–water partition coefficient (Wildman–Crippen LogP) is 2.81. The first kappa shape index (κ1) is 17.3. The van der Waals surface area contributed by atoms with E-state index in [1.54, 1.807) is 12.1 Å². The summed E-state index contributed by atoms with van der Waals surface area (Å²) in [5, 5.41) is 3.15. The Bertz CT molecular complexity index is 504. The average molecular weight is 314 g/mol. The van der Waals surface area contributed by atoms with E-state index < -0.39 is 5.97 Å². The molecule has 1 aromatic rings. The SMILES string of the molecule is CCC[C@H](C)NC(=O)COC(=O)c1cc(Cl)ccc1OC. The van der Waals surface area contributed by atoms with E-state index in [0.717, 1.165) is 12.8 Å². The summed E-state index contributed by atoms with van der Waals surface area (Å²) in [5.74, 6) is -0.623. The molecule has 1 aromatic carbocycles. The van der Waals surface area contributed by atoms with E-state index in [1.807, 2.05) is 13.8 Å². The van der Waals surface area contributed by atoms with E-state index in [9.17, 15) is 9.59 Å². The van der Waals surface area contributed by atoms with Crippen LogP contribution in [0.3, 0.4) is 0 Å². The van der Waals surface area contributed by atoms with Gasteiger partial charge in [0.15, 0.2) is 6.61 Å². The van der Waals surface area contributed by atoms with Crippen molar-refractivity contribution in [1.29, 1.82) is 0 Å². The molecule has 1 atom stereocenters. The maximum absolute atomic E-state index is 12.0. The average Bonchev–Trinajstić information content (AvgIpc) is 2.44. The number of methoxy groups -OCH3 is 1. The van der Waals surface area contributed by atoms with E-state index >= 15 is 0 Å². The van der Waals surface area contributed by atoms with Crippen LogP contribution in [-0.2, 0) is 9.53 Å². The molecular weight excluding hydrogens is 294 g/mol. The smallest absolute Gasteiger partial charge is 0.342 e. The highest BCUT2D eigenvalue weighted by Crippen LogP contribution is 2.23. The molecule has 0 radical (unpaired) electrons. The van der Waals surface area contributed by atoms with E-state index in [1.165, 1.54) is 13.2 Å². The molecule has 0 saturated heterocycles. The van der Waals surface area contributed by atoms with Gasteiger partial charge in [0.25, 0.3) is 5.91 Å². The minimum absolute atomic E-state index is 0.0573. The number of benzene rings is 1. The zero-order chi connectivity index (χ0) is 15.8. The molecule has 0 bridgehead atoms. The highest BCUT2D eigenvalue weighted by molar-refractivity contribution is 6.31. The fourth-order valence-electron chi connectivity index (χ4n) is 1.87. The number of hydrogen-bond donors (Lipinski definition) is 1. The van der Waals surface area contributed by atoms with Gasteiger partial charge in [0, 0.05) is 11.1 Å². The van der Waals surface area contributed by atoms with E-state index in [0.29, 0.717) is 10.8 Å². The number of ether oxygens (including phenoxy) is 2. The molecule has 1 N–H and O–H groups in total. The highest BCUT2D eigenvalue weighted by Gasteiger charge is 2.16. The zero-order valence-electron chi connectivity index (χ0n) is 12.4. The Morgan fingerprint density at radius 3 is 2.71 bits per heavy atom. The molecule has 0 aliphatic rings.